The summed E-state index contributed by atoms with van der Waals surface area (Å²) in [4.78, 5) is 12.7. The van der Waals surface area contributed by atoms with Crippen LogP contribution in [0.3, 0.4) is 0 Å². The fourth-order valence-electron chi connectivity index (χ4n) is 1.76. The quantitative estimate of drug-likeness (QED) is 0.290. The number of carbonyl (C=O) groups is 1. The molecule has 0 aromatic carbocycles. The second-order valence-corrected chi connectivity index (χ2v) is 3.84. The van der Waals surface area contributed by atoms with Crippen molar-refractivity contribution < 1.29 is 9.90 Å². The molecule has 0 aliphatic carbocycles. The first kappa shape index (κ1) is 10.8. The highest BCUT2D eigenvalue weighted by Crippen LogP contribution is 2.19. The molecule has 1 aromatic rings. The van der Waals surface area contributed by atoms with E-state index in [-0.39, 0.29) is 5.69 Å². The Labute approximate surface area is 96.6 Å². The van der Waals surface area contributed by atoms with Crippen molar-refractivity contribution in [2.45, 2.75) is 13.0 Å². The molecular formula is C8H11N5O2S. The summed E-state index contributed by atoms with van der Waals surface area (Å²) in [5.41, 5.74) is 4.03. The number of nitrogens with zero attached hydrogens (tertiary/aromatic N) is 2. The molecule has 0 saturated carbocycles. The van der Waals surface area contributed by atoms with Crippen LogP contribution in [0.1, 0.15) is 21.7 Å². The lowest BCUT2D eigenvalue weighted by Crippen LogP contribution is -2.45. The van der Waals surface area contributed by atoms with Gasteiger partial charge in [0.25, 0.3) is 0 Å². The highest BCUT2D eigenvalue weighted by Gasteiger charge is 2.25. The minimum atomic E-state index is -1.01. The van der Waals surface area contributed by atoms with Crippen molar-refractivity contribution in [2.75, 3.05) is 6.54 Å². The van der Waals surface area contributed by atoms with Gasteiger partial charge in [-0.05, 0) is 18.6 Å². The van der Waals surface area contributed by atoms with Crippen molar-refractivity contribution in [3.8, 4) is 0 Å². The van der Waals surface area contributed by atoms with Gasteiger partial charge < -0.3 is 15.4 Å². The number of hydrogen-bond acceptors (Lipinski definition) is 4. The number of aromatic amines is 1. The summed E-state index contributed by atoms with van der Waals surface area (Å²) < 4.78 is 0. The third-order valence-electron chi connectivity index (χ3n) is 2.55. The summed E-state index contributed by atoms with van der Waals surface area (Å²) in [6, 6.07) is 0. The first-order valence-corrected chi connectivity index (χ1v) is 5.09. The summed E-state index contributed by atoms with van der Waals surface area (Å²) in [6.07, 6.45) is 0.593. The molecule has 1 aliphatic rings. The molecular weight excluding hydrogens is 230 g/mol. The monoisotopic (exact) mass is 241 g/mol. The number of nitrogens with one attached hydrogen (secondary N) is 2. The third-order valence-corrected chi connectivity index (χ3v) is 2.92. The van der Waals surface area contributed by atoms with E-state index in [9.17, 15) is 4.79 Å². The largest absolute Gasteiger partial charge is 0.476 e. The highest BCUT2D eigenvalue weighted by atomic mass is 32.1. The summed E-state index contributed by atoms with van der Waals surface area (Å²) in [5.74, 6) is 4.21. The Balaban J connectivity index is 2.23. The van der Waals surface area contributed by atoms with E-state index in [0.717, 1.165) is 11.3 Å². The normalized spacial score (nSPS) is 14.4. The van der Waals surface area contributed by atoms with Crippen LogP contribution in [-0.2, 0) is 13.0 Å². The molecule has 0 bridgehead atoms. The van der Waals surface area contributed by atoms with E-state index in [1.54, 1.807) is 0 Å². The summed E-state index contributed by atoms with van der Waals surface area (Å²) in [7, 11) is 0. The molecule has 5 N–H and O–H groups in total. The van der Waals surface area contributed by atoms with Crippen LogP contribution in [0.5, 0.6) is 0 Å². The zero-order valence-corrected chi connectivity index (χ0v) is 9.17. The van der Waals surface area contributed by atoms with Gasteiger partial charge in [0.2, 0.25) is 0 Å². The van der Waals surface area contributed by atoms with E-state index in [1.807, 2.05) is 4.90 Å². The predicted octanol–water partition coefficient (Wildman–Crippen LogP) is -0.786. The average Bonchev–Trinajstić information content (AvgIpc) is 2.70. The minimum Gasteiger partial charge on any atom is -0.476 e. The number of rotatable bonds is 1. The molecule has 7 nitrogen and oxygen atoms in total. The van der Waals surface area contributed by atoms with Gasteiger partial charge in [0.15, 0.2) is 10.8 Å². The van der Waals surface area contributed by atoms with Gasteiger partial charge in [0, 0.05) is 12.1 Å². The van der Waals surface area contributed by atoms with Crippen LogP contribution in [-0.4, -0.2) is 37.8 Å². The number of aromatic nitrogens is 2. The van der Waals surface area contributed by atoms with Crippen LogP contribution in [0, 0.1) is 0 Å². The molecule has 1 aromatic heterocycles. The lowest BCUT2D eigenvalue weighted by Gasteiger charge is -2.28. The Hall–Kier alpha value is -1.67. The molecule has 0 amide bonds. The lowest BCUT2D eigenvalue weighted by atomic mass is 10.1. The van der Waals surface area contributed by atoms with Crippen molar-refractivity contribution in [3.63, 3.8) is 0 Å². The number of nitrogens with two attached hydrogens (primary N) is 1. The number of carboxylic acids is 1. The first-order chi connectivity index (χ1) is 7.63. The van der Waals surface area contributed by atoms with Crippen molar-refractivity contribution >= 4 is 23.3 Å². The van der Waals surface area contributed by atoms with Crippen LogP contribution in [0.15, 0.2) is 0 Å². The van der Waals surface area contributed by atoms with E-state index in [1.165, 1.54) is 0 Å². The number of hydrazine groups is 1. The fourth-order valence-corrected chi connectivity index (χ4v) is 1.92. The maximum absolute atomic E-state index is 10.9. The molecule has 0 unspecified atom stereocenters. The molecule has 0 atom stereocenters. The molecule has 2 heterocycles. The van der Waals surface area contributed by atoms with Crippen LogP contribution in [0.2, 0.25) is 0 Å². The minimum absolute atomic E-state index is 0.0984. The summed E-state index contributed by atoms with van der Waals surface area (Å²) in [5, 5.41) is 15.8. The number of aromatic carboxylic acids is 1. The predicted molar refractivity (Wildman–Crippen MR) is 59.6 cm³/mol. The van der Waals surface area contributed by atoms with Gasteiger partial charge in [-0.15, -0.1) is 0 Å². The molecule has 8 heteroatoms. The Morgan fingerprint density at radius 2 is 2.44 bits per heavy atom. The van der Waals surface area contributed by atoms with Crippen molar-refractivity contribution in [1.29, 1.82) is 0 Å². The van der Waals surface area contributed by atoms with E-state index in [2.05, 4.69) is 15.6 Å². The first-order valence-electron chi connectivity index (χ1n) is 4.68. The van der Waals surface area contributed by atoms with Gasteiger partial charge in [-0.25, -0.2) is 10.6 Å². The van der Waals surface area contributed by atoms with Crippen molar-refractivity contribution in [3.05, 3.63) is 17.0 Å². The maximum Gasteiger partial charge on any atom is 0.356 e. The van der Waals surface area contributed by atoms with Crippen LogP contribution < -0.4 is 11.3 Å². The summed E-state index contributed by atoms with van der Waals surface area (Å²) in [6.45, 7) is 1.13. The van der Waals surface area contributed by atoms with E-state index in [0.29, 0.717) is 24.6 Å². The van der Waals surface area contributed by atoms with Crippen LogP contribution >= 0.6 is 12.2 Å². The van der Waals surface area contributed by atoms with Gasteiger partial charge >= 0.3 is 5.97 Å². The second kappa shape index (κ2) is 4.06. The number of thiocarbonyl (C=S) groups is 1. The zero-order chi connectivity index (χ0) is 11.7. The Morgan fingerprint density at radius 3 is 3.06 bits per heavy atom. The van der Waals surface area contributed by atoms with Crippen molar-refractivity contribution in [2.24, 2.45) is 5.84 Å². The number of fused-ring (bicyclic) bond motifs is 1. The number of carboxylic acid groups (broad SMARTS) is 1. The lowest BCUT2D eigenvalue weighted by molar-refractivity contribution is 0.0689. The molecule has 0 spiro atoms. The molecule has 16 heavy (non-hydrogen) atoms. The Kier molecular flexibility index (Phi) is 2.75. The van der Waals surface area contributed by atoms with Gasteiger partial charge in [0.05, 0.1) is 12.2 Å². The van der Waals surface area contributed by atoms with Gasteiger partial charge in [-0.3, -0.25) is 5.10 Å². The molecule has 86 valence electrons. The SMILES string of the molecule is NNC(=S)N1CCc2c(C(=O)O)n[nH]c2C1. The average molecular weight is 241 g/mol. The molecule has 1 aliphatic heterocycles. The van der Waals surface area contributed by atoms with Gasteiger partial charge in [-0.2, -0.15) is 5.10 Å². The van der Waals surface area contributed by atoms with E-state index < -0.39 is 5.97 Å². The topological polar surface area (TPSA) is 107 Å². The van der Waals surface area contributed by atoms with Crippen LogP contribution in [0.25, 0.3) is 0 Å². The molecule has 0 saturated heterocycles. The fraction of sp³-hybridized carbons (Fsp3) is 0.375. The molecule has 0 fully saturated rings. The zero-order valence-electron chi connectivity index (χ0n) is 8.36. The Bertz CT molecular complexity index is 444. The van der Waals surface area contributed by atoms with Gasteiger partial charge in [0.1, 0.15) is 0 Å². The van der Waals surface area contributed by atoms with E-state index >= 15 is 0 Å². The van der Waals surface area contributed by atoms with Gasteiger partial charge in [-0.1, -0.05) is 0 Å². The number of hydrogen-bond donors (Lipinski definition) is 4. The number of H-pyrrole nitrogens is 1. The van der Waals surface area contributed by atoms with Crippen molar-refractivity contribution in [1.82, 2.24) is 20.5 Å². The second-order valence-electron chi connectivity index (χ2n) is 3.46. The van der Waals surface area contributed by atoms with E-state index in [4.69, 9.17) is 23.2 Å². The molecule has 2 rings (SSSR count). The smallest absolute Gasteiger partial charge is 0.356 e. The summed E-state index contributed by atoms with van der Waals surface area (Å²) >= 11 is 5.00. The Morgan fingerprint density at radius 1 is 1.69 bits per heavy atom. The third kappa shape index (κ3) is 1.72. The van der Waals surface area contributed by atoms with Crippen LogP contribution in [0.4, 0.5) is 0 Å². The highest BCUT2D eigenvalue weighted by molar-refractivity contribution is 7.80. The maximum atomic E-state index is 10.9. The molecule has 0 radical (unpaired) electrons. The standard InChI is InChI=1S/C8H11N5O2S/c9-10-8(16)13-2-1-4-5(3-13)11-12-6(4)7(14)15/h1-3,9H2,(H,10,16)(H,11,12)(H,14,15).